The minimum atomic E-state index is -0.342. The third kappa shape index (κ3) is 1.79. The average molecular weight is 150 g/mol. The van der Waals surface area contributed by atoms with Gasteiger partial charge in [-0.1, -0.05) is 31.2 Å². The Bertz CT molecular complexity index is 231. The fraction of sp³-hybridized carbons (Fsp3) is 0.333. The molecular weight excluding hydrogens is 136 g/mol. The molecular formula is C9H14N2. The Kier molecular flexibility index (Phi) is 2.63. The lowest BCUT2D eigenvalue weighted by molar-refractivity contribution is 0.760. The van der Waals surface area contributed by atoms with E-state index in [9.17, 15) is 0 Å². The third-order valence-electron chi connectivity index (χ3n) is 1.80. The first-order valence-corrected chi connectivity index (χ1v) is 3.84. The Morgan fingerprint density at radius 1 is 1.27 bits per heavy atom. The Morgan fingerprint density at radius 2 is 1.91 bits per heavy atom. The molecule has 0 spiro atoms. The highest BCUT2D eigenvalue weighted by Crippen LogP contribution is 2.12. The molecule has 0 amide bonds. The van der Waals surface area contributed by atoms with E-state index in [4.69, 9.17) is 11.5 Å². The minimum absolute atomic E-state index is 0.342. The Hall–Kier alpha value is -0.860. The van der Waals surface area contributed by atoms with Gasteiger partial charge in [0.15, 0.2) is 0 Å². The highest BCUT2D eigenvalue weighted by Gasteiger charge is 2.02. The summed E-state index contributed by atoms with van der Waals surface area (Å²) in [7, 11) is 0. The summed E-state index contributed by atoms with van der Waals surface area (Å²) in [6, 6.07) is 8.00. The van der Waals surface area contributed by atoms with Gasteiger partial charge in [0.05, 0.1) is 6.17 Å². The third-order valence-corrected chi connectivity index (χ3v) is 1.80. The molecule has 2 heteroatoms. The number of nitrogens with two attached hydrogens (primary N) is 2. The summed E-state index contributed by atoms with van der Waals surface area (Å²) in [6.07, 6.45) is 0.646. The molecule has 0 atom stereocenters. The predicted molar refractivity (Wildman–Crippen MR) is 46.9 cm³/mol. The summed E-state index contributed by atoms with van der Waals surface area (Å²) >= 11 is 0. The molecule has 11 heavy (non-hydrogen) atoms. The van der Waals surface area contributed by atoms with Crippen LogP contribution in [0.4, 0.5) is 0 Å². The Labute approximate surface area is 67.2 Å². The molecule has 0 aromatic heterocycles. The lowest BCUT2D eigenvalue weighted by atomic mass is 10.0. The number of rotatable bonds is 2. The van der Waals surface area contributed by atoms with Crippen LogP contribution in [0.1, 0.15) is 24.2 Å². The van der Waals surface area contributed by atoms with Gasteiger partial charge in [0.1, 0.15) is 0 Å². The van der Waals surface area contributed by atoms with E-state index in [-0.39, 0.29) is 6.17 Å². The van der Waals surface area contributed by atoms with Gasteiger partial charge in [-0.3, -0.25) is 0 Å². The molecule has 0 saturated carbocycles. The number of hydrogen-bond donors (Lipinski definition) is 2. The molecule has 1 aromatic carbocycles. The van der Waals surface area contributed by atoms with Crippen molar-refractivity contribution >= 4 is 0 Å². The molecule has 0 aliphatic heterocycles. The largest absolute Gasteiger partial charge is 0.312 e. The molecule has 1 aromatic rings. The molecule has 4 N–H and O–H groups in total. The maximum atomic E-state index is 5.57. The Balaban J connectivity index is 3.02. The van der Waals surface area contributed by atoms with E-state index in [1.165, 1.54) is 5.56 Å². The molecule has 0 heterocycles. The molecule has 0 radical (unpaired) electrons. The normalized spacial score (nSPS) is 10.5. The zero-order valence-corrected chi connectivity index (χ0v) is 6.75. The minimum Gasteiger partial charge on any atom is -0.312 e. The summed E-state index contributed by atoms with van der Waals surface area (Å²) < 4.78 is 0. The van der Waals surface area contributed by atoms with Crippen molar-refractivity contribution in [2.45, 2.75) is 19.5 Å². The Morgan fingerprint density at radius 3 is 2.36 bits per heavy atom. The quantitative estimate of drug-likeness (QED) is 0.622. The standard InChI is InChI=1S/C9H14N2/c1-2-7-5-3-4-6-8(7)9(10)11/h3-6,9H,2,10-11H2,1H3. The van der Waals surface area contributed by atoms with Crippen LogP contribution in [0.25, 0.3) is 0 Å². The number of benzene rings is 1. The van der Waals surface area contributed by atoms with Gasteiger partial charge in [0.2, 0.25) is 0 Å². The van der Waals surface area contributed by atoms with Gasteiger partial charge in [-0.2, -0.15) is 0 Å². The lowest BCUT2D eigenvalue weighted by Crippen LogP contribution is -2.21. The van der Waals surface area contributed by atoms with Crippen molar-refractivity contribution in [2.24, 2.45) is 11.5 Å². The fourth-order valence-corrected chi connectivity index (χ4v) is 1.18. The second-order valence-corrected chi connectivity index (χ2v) is 2.58. The first-order valence-electron chi connectivity index (χ1n) is 3.84. The summed E-state index contributed by atoms with van der Waals surface area (Å²) in [5, 5.41) is 0. The van der Waals surface area contributed by atoms with Gasteiger partial charge in [-0.05, 0) is 17.5 Å². The predicted octanol–water partition coefficient (Wildman–Crippen LogP) is 1.17. The first-order chi connectivity index (χ1) is 5.25. The second kappa shape index (κ2) is 3.51. The molecule has 2 nitrogen and oxygen atoms in total. The van der Waals surface area contributed by atoms with Crippen LogP contribution in [0, 0.1) is 0 Å². The van der Waals surface area contributed by atoms with E-state index in [0.29, 0.717) is 0 Å². The fourth-order valence-electron chi connectivity index (χ4n) is 1.18. The van der Waals surface area contributed by atoms with Crippen LogP contribution in [0.3, 0.4) is 0 Å². The van der Waals surface area contributed by atoms with Crippen molar-refractivity contribution < 1.29 is 0 Å². The van der Waals surface area contributed by atoms with E-state index < -0.39 is 0 Å². The van der Waals surface area contributed by atoms with Crippen LogP contribution in [-0.2, 0) is 6.42 Å². The van der Waals surface area contributed by atoms with E-state index >= 15 is 0 Å². The molecule has 0 saturated heterocycles. The summed E-state index contributed by atoms with van der Waals surface area (Å²) in [4.78, 5) is 0. The van der Waals surface area contributed by atoms with Gasteiger partial charge in [-0.15, -0.1) is 0 Å². The summed E-state index contributed by atoms with van der Waals surface area (Å²) in [6.45, 7) is 2.10. The smallest absolute Gasteiger partial charge is 0.0787 e. The van der Waals surface area contributed by atoms with Gasteiger partial charge >= 0.3 is 0 Å². The van der Waals surface area contributed by atoms with Crippen molar-refractivity contribution in [3.05, 3.63) is 35.4 Å². The molecule has 0 unspecified atom stereocenters. The van der Waals surface area contributed by atoms with E-state index in [1.807, 2.05) is 18.2 Å². The van der Waals surface area contributed by atoms with Gasteiger partial charge in [-0.25, -0.2) is 0 Å². The molecule has 0 bridgehead atoms. The van der Waals surface area contributed by atoms with E-state index in [1.54, 1.807) is 0 Å². The van der Waals surface area contributed by atoms with Gasteiger partial charge < -0.3 is 11.5 Å². The maximum absolute atomic E-state index is 5.57. The molecule has 0 aliphatic carbocycles. The van der Waals surface area contributed by atoms with Crippen LogP contribution in [0.5, 0.6) is 0 Å². The molecule has 1 rings (SSSR count). The number of aryl methyl sites for hydroxylation is 1. The molecule has 0 fully saturated rings. The van der Waals surface area contributed by atoms with E-state index in [2.05, 4.69) is 13.0 Å². The van der Waals surface area contributed by atoms with Crippen LogP contribution in [0.15, 0.2) is 24.3 Å². The van der Waals surface area contributed by atoms with Crippen molar-refractivity contribution in [3.8, 4) is 0 Å². The zero-order chi connectivity index (χ0) is 8.27. The van der Waals surface area contributed by atoms with Crippen molar-refractivity contribution in [1.29, 1.82) is 0 Å². The summed E-state index contributed by atoms with van der Waals surface area (Å²) in [5.74, 6) is 0. The van der Waals surface area contributed by atoms with Gasteiger partial charge in [0, 0.05) is 0 Å². The monoisotopic (exact) mass is 150 g/mol. The van der Waals surface area contributed by atoms with Crippen molar-refractivity contribution in [1.82, 2.24) is 0 Å². The van der Waals surface area contributed by atoms with Crippen molar-refractivity contribution in [3.63, 3.8) is 0 Å². The van der Waals surface area contributed by atoms with Crippen LogP contribution in [0.2, 0.25) is 0 Å². The van der Waals surface area contributed by atoms with Gasteiger partial charge in [0.25, 0.3) is 0 Å². The second-order valence-electron chi connectivity index (χ2n) is 2.58. The highest BCUT2D eigenvalue weighted by molar-refractivity contribution is 5.28. The summed E-state index contributed by atoms with van der Waals surface area (Å²) in [5.41, 5.74) is 13.4. The number of hydrogen-bond acceptors (Lipinski definition) is 2. The highest BCUT2D eigenvalue weighted by atomic mass is 14.8. The topological polar surface area (TPSA) is 52.0 Å². The van der Waals surface area contributed by atoms with Crippen molar-refractivity contribution in [2.75, 3.05) is 0 Å². The van der Waals surface area contributed by atoms with E-state index in [0.717, 1.165) is 12.0 Å². The van der Waals surface area contributed by atoms with Crippen LogP contribution >= 0.6 is 0 Å². The molecule has 0 aliphatic rings. The van der Waals surface area contributed by atoms with Crippen LogP contribution < -0.4 is 11.5 Å². The zero-order valence-electron chi connectivity index (χ0n) is 6.75. The SMILES string of the molecule is CCc1ccccc1C(N)N. The van der Waals surface area contributed by atoms with Crippen LogP contribution in [-0.4, -0.2) is 0 Å². The first kappa shape index (κ1) is 8.24. The average Bonchev–Trinajstić information content (AvgIpc) is 2.04. The lowest BCUT2D eigenvalue weighted by Gasteiger charge is -2.09. The maximum Gasteiger partial charge on any atom is 0.0787 e. The molecule has 60 valence electrons.